The molecule has 4 N–H and O–H groups in total. The van der Waals surface area contributed by atoms with Gasteiger partial charge in [0, 0.05) is 38.2 Å². The van der Waals surface area contributed by atoms with Crippen molar-refractivity contribution in [2.24, 2.45) is 5.73 Å². The number of carbonyl (C=O) groups excluding carboxylic acids is 3. The lowest BCUT2D eigenvalue weighted by atomic mass is 10.1. The average molecular weight is 390 g/mol. The Morgan fingerprint density at radius 2 is 1.86 bits per heavy atom. The molecule has 1 heterocycles. The summed E-state index contributed by atoms with van der Waals surface area (Å²) in [4.78, 5) is 49.5. The van der Waals surface area contributed by atoms with E-state index < -0.39 is 12.0 Å². The number of nitrogens with two attached hydrogens (primary N) is 1. The molecule has 1 aromatic carbocycles. The number of primary amides is 1. The molecule has 0 saturated carbocycles. The van der Waals surface area contributed by atoms with E-state index in [1.165, 1.54) is 11.8 Å². The van der Waals surface area contributed by atoms with E-state index >= 15 is 0 Å². The van der Waals surface area contributed by atoms with Gasteiger partial charge in [-0.05, 0) is 37.0 Å². The molecule has 1 unspecified atom stereocenters. The molecule has 1 aliphatic rings. The van der Waals surface area contributed by atoms with Gasteiger partial charge in [-0.2, -0.15) is 0 Å². The fourth-order valence-electron chi connectivity index (χ4n) is 3.37. The van der Waals surface area contributed by atoms with Crippen LogP contribution in [0.2, 0.25) is 0 Å². The highest BCUT2D eigenvalue weighted by Crippen LogP contribution is 2.19. The Morgan fingerprint density at radius 1 is 1.18 bits per heavy atom. The van der Waals surface area contributed by atoms with Gasteiger partial charge in [0.2, 0.25) is 5.91 Å². The number of carboxylic acid groups (broad SMARTS) is 1. The Bertz CT molecular complexity index is 734. The van der Waals surface area contributed by atoms with Crippen LogP contribution in [0.5, 0.6) is 0 Å². The summed E-state index contributed by atoms with van der Waals surface area (Å²) >= 11 is 0. The number of benzene rings is 1. The van der Waals surface area contributed by atoms with Crippen LogP contribution in [0.25, 0.3) is 0 Å². The lowest BCUT2D eigenvalue weighted by Gasteiger charge is -2.28. The first-order valence-corrected chi connectivity index (χ1v) is 9.18. The molecule has 1 aliphatic heterocycles. The molecule has 0 aromatic heterocycles. The van der Waals surface area contributed by atoms with Crippen molar-refractivity contribution in [1.82, 2.24) is 15.1 Å². The SMILES string of the molecule is CC(=O)N(CC(=O)O)C1CCCN(C(=O)c2ccc(CNC(N)=O)cc2)CC1. The average Bonchev–Trinajstić information content (AvgIpc) is 2.90. The number of carbonyl (C=O) groups is 4. The molecule has 9 nitrogen and oxygen atoms in total. The van der Waals surface area contributed by atoms with E-state index in [2.05, 4.69) is 5.32 Å². The first kappa shape index (κ1) is 21.2. The number of hydrogen-bond donors (Lipinski definition) is 3. The minimum atomic E-state index is -1.04. The molecule has 1 saturated heterocycles. The van der Waals surface area contributed by atoms with Crippen molar-refractivity contribution < 1.29 is 24.3 Å². The highest BCUT2D eigenvalue weighted by Gasteiger charge is 2.27. The van der Waals surface area contributed by atoms with Crippen molar-refractivity contribution in [3.63, 3.8) is 0 Å². The maximum absolute atomic E-state index is 12.8. The predicted octanol–water partition coefficient (Wildman–Crippen LogP) is 0.783. The van der Waals surface area contributed by atoms with Crippen LogP contribution in [0.1, 0.15) is 42.1 Å². The molecule has 2 rings (SSSR count). The van der Waals surface area contributed by atoms with Gasteiger partial charge in [0.1, 0.15) is 6.54 Å². The number of amides is 4. The normalized spacial score (nSPS) is 16.8. The highest BCUT2D eigenvalue weighted by molar-refractivity contribution is 5.94. The number of nitrogens with zero attached hydrogens (tertiary/aromatic N) is 2. The van der Waals surface area contributed by atoms with Gasteiger partial charge in [-0.3, -0.25) is 14.4 Å². The number of urea groups is 1. The molecule has 152 valence electrons. The van der Waals surface area contributed by atoms with Crippen molar-refractivity contribution in [2.75, 3.05) is 19.6 Å². The largest absolute Gasteiger partial charge is 0.480 e. The summed E-state index contributed by atoms with van der Waals surface area (Å²) in [6, 6.07) is 6.13. The van der Waals surface area contributed by atoms with Gasteiger partial charge in [-0.15, -0.1) is 0 Å². The summed E-state index contributed by atoms with van der Waals surface area (Å²) in [6.45, 7) is 2.34. The number of likely N-dealkylation sites (tertiary alicyclic amines) is 1. The molecule has 0 bridgehead atoms. The van der Waals surface area contributed by atoms with Gasteiger partial charge >= 0.3 is 12.0 Å². The Labute approximate surface area is 163 Å². The van der Waals surface area contributed by atoms with Gasteiger partial charge in [0.15, 0.2) is 0 Å². The molecule has 0 aliphatic carbocycles. The third kappa shape index (κ3) is 5.97. The standard InChI is InChI=1S/C19H26N4O5/c1-13(24)23(12-17(25)26)16-3-2-9-22(10-8-16)18(27)15-6-4-14(5-7-15)11-21-19(20)28/h4-7,16H,2-3,8-12H2,1H3,(H,25,26)(H3,20,21,28). The molecule has 1 fully saturated rings. The fourth-order valence-corrected chi connectivity index (χ4v) is 3.37. The Balaban J connectivity index is 1.99. The van der Waals surface area contributed by atoms with Crippen molar-refractivity contribution in [2.45, 2.75) is 38.8 Å². The first-order chi connectivity index (χ1) is 13.3. The van der Waals surface area contributed by atoms with Gasteiger partial charge in [0.25, 0.3) is 5.91 Å². The molecule has 0 spiro atoms. The molecule has 1 aromatic rings. The Morgan fingerprint density at radius 3 is 2.43 bits per heavy atom. The zero-order chi connectivity index (χ0) is 20.7. The van der Waals surface area contributed by atoms with Crippen molar-refractivity contribution >= 4 is 23.8 Å². The summed E-state index contributed by atoms with van der Waals surface area (Å²) in [5.41, 5.74) is 6.41. The second-order valence-electron chi connectivity index (χ2n) is 6.83. The van der Waals surface area contributed by atoms with Crippen LogP contribution in [0.3, 0.4) is 0 Å². The van der Waals surface area contributed by atoms with Crippen LogP contribution < -0.4 is 11.1 Å². The minimum absolute atomic E-state index is 0.109. The maximum Gasteiger partial charge on any atom is 0.323 e. The van der Waals surface area contributed by atoms with E-state index in [-0.39, 0.29) is 24.4 Å². The van der Waals surface area contributed by atoms with Crippen molar-refractivity contribution in [1.29, 1.82) is 0 Å². The third-order valence-corrected chi connectivity index (χ3v) is 4.80. The predicted molar refractivity (Wildman–Crippen MR) is 101 cm³/mol. The lowest BCUT2D eigenvalue weighted by Crippen LogP contribution is -2.43. The summed E-state index contributed by atoms with van der Waals surface area (Å²) in [5.74, 6) is -1.42. The topological polar surface area (TPSA) is 133 Å². The van der Waals surface area contributed by atoms with E-state index in [0.29, 0.717) is 44.5 Å². The quantitative estimate of drug-likeness (QED) is 0.660. The van der Waals surface area contributed by atoms with Crippen LogP contribution in [-0.2, 0) is 16.1 Å². The second-order valence-corrected chi connectivity index (χ2v) is 6.83. The van der Waals surface area contributed by atoms with Crippen LogP contribution in [0.4, 0.5) is 4.79 Å². The summed E-state index contributed by atoms with van der Waals surface area (Å²) in [7, 11) is 0. The molecular formula is C19H26N4O5. The third-order valence-electron chi connectivity index (χ3n) is 4.80. The van der Waals surface area contributed by atoms with Gasteiger partial charge in [-0.1, -0.05) is 12.1 Å². The van der Waals surface area contributed by atoms with Crippen molar-refractivity contribution in [3.8, 4) is 0 Å². The Kier molecular flexibility index (Phi) is 7.36. The molecule has 4 amide bonds. The minimum Gasteiger partial charge on any atom is -0.480 e. The van der Waals surface area contributed by atoms with E-state index in [0.717, 1.165) is 5.56 Å². The number of rotatable bonds is 6. The summed E-state index contributed by atoms with van der Waals surface area (Å²) in [5, 5.41) is 11.5. The van der Waals surface area contributed by atoms with E-state index in [9.17, 15) is 19.2 Å². The number of nitrogens with one attached hydrogen (secondary N) is 1. The summed E-state index contributed by atoms with van der Waals surface area (Å²) < 4.78 is 0. The molecule has 28 heavy (non-hydrogen) atoms. The van der Waals surface area contributed by atoms with Crippen LogP contribution in [0, 0.1) is 0 Å². The smallest absolute Gasteiger partial charge is 0.323 e. The molecule has 1 atom stereocenters. The maximum atomic E-state index is 12.8. The van der Waals surface area contributed by atoms with E-state index in [1.54, 1.807) is 29.2 Å². The first-order valence-electron chi connectivity index (χ1n) is 9.18. The van der Waals surface area contributed by atoms with E-state index in [4.69, 9.17) is 10.8 Å². The number of carboxylic acids is 1. The molecule has 9 heteroatoms. The number of hydrogen-bond acceptors (Lipinski definition) is 4. The molecule has 0 radical (unpaired) electrons. The van der Waals surface area contributed by atoms with Gasteiger partial charge < -0.3 is 26.0 Å². The zero-order valence-electron chi connectivity index (χ0n) is 15.9. The van der Waals surface area contributed by atoms with Gasteiger partial charge in [-0.25, -0.2) is 4.79 Å². The monoisotopic (exact) mass is 390 g/mol. The van der Waals surface area contributed by atoms with Crippen LogP contribution in [-0.4, -0.2) is 64.4 Å². The second kappa shape index (κ2) is 9.72. The Hall–Kier alpha value is -3.10. The van der Waals surface area contributed by atoms with Crippen LogP contribution in [0.15, 0.2) is 24.3 Å². The summed E-state index contributed by atoms with van der Waals surface area (Å²) in [6.07, 6.45) is 1.90. The number of aliphatic carboxylic acids is 1. The zero-order valence-corrected chi connectivity index (χ0v) is 15.9. The van der Waals surface area contributed by atoms with Gasteiger partial charge in [0.05, 0.1) is 0 Å². The molecular weight excluding hydrogens is 364 g/mol. The fraction of sp³-hybridized carbons (Fsp3) is 0.474. The highest BCUT2D eigenvalue weighted by atomic mass is 16.4. The van der Waals surface area contributed by atoms with Crippen LogP contribution >= 0.6 is 0 Å². The van der Waals surface area contributed by atoms with E-state index in [1.807, 2.05) is 0 Å². The lowest BCUT2D eigenvalue weighted by molar-refractivity contribution is -0.145. The van der Waals surface area contributed by atoms with Crippen molar-refractivity contribution in [3.05, 3.63) is 35.4 Å².